The van der Waals surface area contributed by atoms with Gasteiger partial charge in [0.25, 0.3) is 0 Å². The number of nitrogens with two attached hydrogens (primary N) is 1. The standard InChI is InChI=1S/C32H37Cl2N3O4/c1-31(2,3)17-26-32(18-35,21-10-12-22(33)13-11-21)27(19-7-6-8-23(34)15-19)28(37-26)29(38)36-24-14-9-20(30(39)41-5)16-25(24)40-4/h6-16,26-28,37H,17-18,35H2,1-5H3,(H,36,38)/t26-,27+,28+,32-/m0/s1. The maximum Gasteiger partial charge on any atom is 0.337 e. The van der Waals surface area contributed by atoms with E-state index in [0.717, 1.165) is 17.5 Å². The molecule has 1 amide bonds. The van der Waals surface area contributed by atoms with Crippen molar-refractivity contribution in [2.24, 2.45) is 11.1 Å². The molecule has 0 saturated carbocycles. The molecule has 1 saturated heterocycles. The number of hydrogen-bond donors (Lipinski definition) is 3. The van der Waals surface area contributed by atoms with Gasteiger partial charge in [-0.05, 0) is 65.4 Å². The highest BCUT2D eigenvalue weighted by molar-refractivity contribution is 6.30. The van der Waals surface area contributed by atoms with Crippen LogP contribution in [0.5, 0.6) is 5.75 Å². The lowest BCUT2D eigenvalue weighted by atomic mass is 9.62. The van der Waals surface area contributed by atoms with Crippen molar-refractivity contribution in [2.45, 2.75) is 50.6 Å². The number of halogens is 2. The zero-order valence-electron chi connectivity index (χ0n) is 24.0. The van der Waals surface area contributed by atoms with Crippen LogP contribution in [0.4, 0.5) is 5.69 Å². The van der Waals surface area contributed by atoms with Gasteiger partial charge in [0, 0.05) is 34.0 Å². The lowest BCUT2D eigenvalue weighted by Gasteiger charge is -2.42. The van der Waals surface area contributed by atoms with Gasteiger partial charge in [0.05, 0.1) is 31.5 Å². The summed E-state index contributed by atoms with van der Waals surface area (Å²) in [5.41, 5.74) is 8.63. The van der Waals surface area contributed by atoms with Crippen LogP contribution in [-0.4, -0.2) is 44.7 Å². The van der Waals surface area contributed by atoms with Gasteiger partial charge in [-0.3, -0.25) is 4.79 Å². The third-order valence-corrected chi connectivity index (χ3v) is 8.28. The van der Waals surface area contributed by atoms with Crippen LogP contribution in [0.2, 0.25) is 10.0 Å². The third-order valence-electron chi connectivity index (χ3n) is 7.80. The topological polar surface area (TPSA) is 103 Å². The average Bonchev–Trinajstić information content (AvgIpc) is 3.26. The summed E-state index contributed by atoms with van der Waals surface area (Å²) < 4.78 is 10.3. The summed E-state index contributed by atoms with van der Waals surface area (Å²) in [5.74, 6) is -0.796. The van der Waals surface area contributed by atoms with Crippen molar-refractivity contribution >= 4 is 40.8 Å². The van der Waals surface area contributed by atoms with Crippen LogP contribution in [0.3, 0.4) is 0 Å². The number of ether oxygens (including phenoxy) is 2. The molecule has 3 aromatic rings. The zero-order valence-corrected chi connectivity index (χ0v) is 25.5. The van der Waals surface area contributed by atoms with E-state index in [1.807, 2.05) is 48.5 Å². The molecule has 3 aromatic carbocycles. The molecule has 0 aromatic heterocycles. The number of hydrogen-bond acceptors (Lipinski definition) is 6. The predicted octanol–water partition coefficient (Wildman–Crippen LogP) is 6.18. The first kappa shape index (κ1) is 30.8. The molecule has 0 spiro atoms. The molecule has 0 aliphatic carbocycles. The molecule has 0 unspecified atom stereocenters. The Bertz CT molecular complexity index is 1410. The molecular weight excluding hydrogens is 561 g/mol. The summed E-state index contributed by atoms with van der Waals surface area (Å²) in [6.45, 7) is 6.80. The summed E-state index contributed by atoms with van der Waals surface area (Å²) >= 11 is 12.8. The van der Waals surface area contributed by atoms with Gasteiger partial charge >= 0.3 is 5.97 Å². The largest absolute Gasteiger partial charge is 0.495 e. The summed E-state index contributed by atoms with van der Waals surface area (Å²) in [6.07, 6.45) is 0.755. The van der Waals surface area contributed by atoms with Gasteiger partial charge in [-0.2, -0.15) is 0 Å². The van der Waals surface area contributed by atoms with Crippen LogP contribution in [0.15, 0.2) is 66.7 Å². The number of methoxy groups -OCH3 is 2. The Labute approximate surface area is 251 Å². The lowest BCUT2D eigenvalue weighted by molar-refractivity contribution is -0.118. The van der Waals surface area contributed by atoms with Gasteiger partial charge < -0.3 is 25.8 Å². The molecule has 4 N–H and O–H groups in total. The van der Waals surface area contributed by atoms with Crippen LogP contribution in [0.1, 0.15) is 54.6 Å². The van der Waals surface area contributed by atoms with Crippen molar-refractivity contribution in [1.29, 1.82) is 0 Å². The van der Waals surface area contributed by atoms with Crippen molar-refractivity contribution in [2.75, 3.05) is 26.1 Å². The molecule has 1 aliphatic rings. The van der Waals surface area contributed by atoms with Crippen LogP contribution in [0.25, 0.3) is 0 Å². The quantitative estimate of drug-likeness (QED) is 0.268. The van der Waals surface area contributed by atoms with Crippen molar-refractivity contribution in [3.63, 3.8) is 0 Å². The Morgan fingerprint density at radius 3 is 2.29 bits per heavy atom. The van der Waals surface area contributed by atoms with Crippen molar-refractivity contribution in [1.82, 2.24) is 5.32 Å². The van der Waals surface area contributed by atoms with Crippen molar-refractivity contribution < 1.29 is 19.1 Å². The Balaban J connectivity index is 1.85. The maximum absolute atomic E-state index is 14.2. The van der Waals surface area contributed by atoms with E-state index in [0.29, 0.717) is 27.0 Å². The van der Waals surface area contributed by atoms with Crippen molar-refractivity contribution in [3.05, 3.63) is 93.5 Å². The van der Waals surface area contributed by atoms with E-state index < -0.39 is 17.4 Å². The Hall–Kier alpha value is -3.10. The van der Waals surface area contributed by atoms with Crippen LogP contribution in [0, 0.1) is 5.41 Å². The van der Waals surface area contributed by atoms with E-state index in [2.05, 4.69) is 31.4 Å². The smallest absolute Gasteiger partial charge is 0.337 e. The molecule has 1 heterocycles. The van der Waals surface area contributed by atoms with Gasteiger partial charge in [0.1, 0.15) is 5.75 Å². The first-order chi connectivity index (χ1) is 19.4. The predicted molar refractivity (Wildman–Crippen MR) is 164 cm³/mol. The molecule has 0 bridgehead atoms. The van der Waals surface area contributed by atoms with Crippen molar-refractivity contribution in [3.8, 4) is 5.75 Å². The SMILES string of the molecule is COC(=O)c1ccc(NC(=O)[C@@H]2N[C@@H](CC(C)(C)C)[C@](CN)(c3ccc(Cl)cc3)[C@@H]2c2cccc(Cl)c2)c(OC)c1. The Morgan fingerprint density at radius 2 is 1.71 bits per heavy atom. The maximum atomic E-state index is 14.2. The number of anilines is 1. The number of rotatable bonds is 8. The van der Waals surface area contributed by atoms with E-state index >= 15 is 0 Å². The molecule has 218 valence electrons. The normalized spacial score (nSPS) is 22.3. The second-order valence-corrected chi connectivity index (χ2v) is 12.5. The van der Waals surface area contributed by atoms with Crippen LogP contribution >= 0.6 is 23.2 Å². The van der Waals surface area contributed by atoms with E-state index in [4.69, 9.17) is 38.4 Å². The van der Waals surface area contributed by atoms with Gasteiger partial charge in [-0.15, -0.1) is 0 Å². The molecule has 9 heteroatoms. The number of carbonyl (C=O) groups excluding carboxylic acids is 2. The Kier molecular flexibility index (Phi) is 9.34. The number of carbonyl (C=O) groups is 2. The molecule has 41 heavy (non-hydrogen) atoms. The number of nitrogens with one attached hydrogen (secondary N) is 2. The fraction of sp³-hybridized carbons (Fsp3) is 0.375. The molecular formula is C32H37Cl2N3O4. The minimum Gasteiger partial charge on any atom is -0.495 e. The minimum atomic E-state index is -0.676. The summed E-state index contributed by atoms with van der Waals surface area (Å²) in [5, 5.41) is 7.91. The van der Waals surface area contributed by atoms with Gasteiger partial charge in [0.2, 0.25) is 5.91 Å². The van der Waals surface area contributed by atoms with E-state index in [1.165, 1.54) is 20.3 Å². The third kappa shape index (κ3) is 6.38. The van der Waals surface area contributed by atoms with Crippen LogP contribution in [-0.2, 0) is 14.9 Å². The lowest BCUT2D eigenvalue weighted by Crippen LogP contribution is -2.50. The summed E-state index contributed by atoms with van der Waals surface area (Å²) in [6, 6.07) is 19.2. The highest BCUT2D eigenvalue weighted by atomic mass is 35.5. The monoisotopic (exact) mass is 597 g/mol. The van der Waals surface area contributed by atoms with E-state index in [1.54, 1.807) is 12.1 Å². The molecule has 1 fully saturated rings. The second kappa shape index (κ2) is 12.4. The molecule has 1 aliphatic heterocycles. The highest BCUT2D eigenvalue weighted by Crippen LogP contribution is 2.51. The minimum absolute atomic E-state index is 0.0678. The number of amides is 1. The first-order valence-electron chi connectivity index (χ1n) is 13.5. The molecule has 0 radical (unpaired) electrons. The second-order valence-electron chi connectivity index (χ2n) is 11.6. The van der Waals surface area contributed by atoms with E-state index in [9.17, 15) is 9.59 Å². The first-order valence-corrected chi connectivity index (χ1v) is 14.2. The zero-order chi connectivity index (χ0) is 29.9. The highest BCUT2D eigenvalue weighted by Gasteiger charge is 2.58. The molecule has 4 rings (SSSR count). The fourth-order valence-electron chi connectivity index (χ4n) is 6.02. The van der Waals surface area contributed by atoms with Gasteiger partial charge in [-0.1, -0.05) is 68.2 Å². The van der Waals surface area contributed by atoms with Crippen LogP contribution < -0.4 is 21.1 Å². The van der Waals surface area contributed by atoms with Gasteiger partial charge in [0.15, 0.2) is 0 Å². The van der Waals surface area contributed by atoms with E-state index in [-0.39, 0.29) is 29.8 Å². The average molecular weight is 599 g/mol. The summed E-state index contributed by atoms with van der Waals surface area (Å²) in [7, 11) is 2.79. The fourth-order valence-corrected chi connectivity index (χ4v) is 6.35. The number of benzene rings is 3. The Morgan fingerprint density at radius 1 is 1.00 bits per heavy atom. The summed E-state index contributed by atoms with van der Waals surface area (Å²) in [4.78, 5) is 26.3. The van der Waals surface area contributed by atoms with Gasteiger partial charge in [-0.25, -0.2) is 4.79 Å². The molecule has 7 nitrogen and oxygen atoms in total. The molecule has 4 atom stereocenters. The number of esters is 1.